The van der Waals surface area contributed by atoms with Crippen LogP contribution in [0.2, 0.25) is 0 Å². The summed E-state index contributed by atoms with van der Waals surface area (Å²) in [6.45, 7) is 13.4. The molecular weight excluding hydrogens is 1020 g/mol. The Morgan fingerprint density at radius 1 is 0.635 bits per heavy atom. The van der Waals surface area contributed by atoms with E-state index < -0.39 is 90.8 Å². The Kier molecular flexibility index (Phi) is 33.9. The summed E-state index contributed by atoms with van der Waals surface area (Å²) >= 11 is 0. The smallest absolute Gasteiger partial charge is 0 e. The van der Waals surface area contributed by atoms with E-state index in [9.17, 15) is 63.6 Å². The molecule has 2 rings (SSSR count). The molecule has 2 aromatic rings. The predicted octanol–water partition coefficient (Wildman–Crippen LogP) is -0.677. The van der Waals surface area contributed by atoms with Gasteiger partial charge >= 0.3 is 75.8 Å². The van der Waals surface area contributed by atoms with Crippen molar-refractivity contribution in [3.63, 3.8) is 0 Å². The van der Waals surface area contributed by atoms with E-state index in [0.29, 0.717) is 31.0 Å². The van der Waals surface area contributed by atoms with Crippen LogP contribution >= 0.6 is 0 Å². The number of unbranched alkanes of at least 4 members (excludes halogenated alkanes) is 2. The van der Waals surface area contributed by atoms with Crippen molar-refractivity contribution in [1.29, 1.82) is 0 Å². The zero-order chi connectivity index (χ0) is 47.8. The summed E-state index contributed by atoms with van der Waals surface area (Å²) in [5, 5.41) is 62.0. The average molecular weight is 1070 g/mol. The van der Waals surface area contributed by atoms with Gasteiger partial charge in [-0.25, -0.2) is 24.4 Å². The van der Waals surface area contributed by atoms with Crippen molar-refractivity contribution in [2.45, 2.75) is 96.1 Å². The fraction of sp³-hybridized carbons (Fsp3) is 0.500. The Labute approximate surface area is 372 Å². The summed E-state index contributed by atoms with van der Waals surface area (Å²) < 4.78 is 25.4. The van der Waals surface area contributed by atoms with Gasteiger partial charge in [-0.15, -0.1) is 0 Å². The van der Waals surface area contributed by atoms with Crippen molar-refractivity contribution in [2.24, 2.45) is 5.92 Å². The molecule has 2 heterocycles. The Hall–Kier alpha value is -6.51. The van der Waals surface area contributed by atoms with Crippen LogP contribution in [-0.2, 0) is 98.9 Å². The Bertz CT molecular complexity index is 1790. The molecule has 0 aromatic carbocycles. The number of carboxylic acids is 6. The van der Waals surface area contributed by atoms with Crippen molar-refractivity contribution < 1.29 is 108 Å². The van der Waals surface area contributed by atoms with Crippen LogP contribution in [0.15, 0.2) is 24.8 Å². The minimum Gasteiger partial charge on any atom is 0 e. The number of carbonyl (C=O) groups is 9. The number of amides is 3. The number of rotatable bonds is 29. The topological polar surface area (TPSA) is 410 Å². The molecule has 0 aliphatic rings. The van der Waals surface area contributed by atoms with E-state index >= 15 is 0 Å². The average Bonchev–Trinajstić information content (AvgIpc) is 3.85. The van der Waals surface area contributed by atoms with E-state index in [1.165, 1.54) is 33.9 Å². The van der Waals surface area contributed by atoms with Gasteiger partial charge in [0.2, 0.25) is 5.78 Å². The molecule has 63 heavy (non-hydrogen) atoms. The van der Waals surface area contributed by atoms with Gasteiger partial charge in [0.05, 0.1) is 19.0 Å². The molecule has 0 saturated carbocycles. The van der Waals surface area contributed by atoms with E-state index in [4.69, 9.17) is 24.2 Å². The summed E-state index contributed by atoms with van der Waals surface area (Å²) in [7, 11) is 0. The van der Waals surface area contributed by atoms with Crippen molar-refractivity contribution in [3.05, 3.63) is 56.4 Å². The number of imidazole rings is 2. The number of carboxylic acid groups (broad SMARTS) is 6. The normalized spacial score (nSPS) is 11.3. The molecule has 0 aliphatic carbocycles. The van der Waals surface area contributed by atoms with Gasteiger partial charge in [0.1, 0.15) is 36.8 Å². The standard InChI is InChI=1S/C33H46N8O15.3CO.Re/c42-23(29(49)36-9-3-1-6-21(31(52)53)37-33(56)38-22(32(54)55)7-8-26(43)44)15-20(30(50)51)5-2-4-12-39(16-24-34-10-13-40(24)18-27(45)46)17-25-35-11-14-41(25)19-28(47)48;3*1-2;/h10-11,13-14,20-22H,1-9,12,15-19H2,(H,36,49)(H,43,44)(H,45,46)(H,47,48)(H,50,51)(H,52,53)(H,54,55)(H2,37,38,56);;;;/t20-,21+,22+;;;;/m1..../s1. The monoisotopic (exact) mass is 1070 g/mol. The maximum absolute atomic E-state index is 12.6. The molecule has 3 amide bonds. The van der Waals surface area contributed by atoms with Gasteiger partial charge in [0, 0.05) is 64.6 Å². The van der Waals surface area contributed by atoms with Crippen molar-refractivity contribution >= 4 is 53.5 Å². The number of aliphatic carboxylic acids is 6. The van der Waals surface area contributed by atoms with Crippen LogP contribution in [0.1, 0.15) is 69.4 Å². The Morgan fingerprint density at radius 2 is 1.10 bits per heavy atom. The number of carbonyl (C=O) groups excluding carboxylic acids is 3. The summed E-state index contributed by atoms with van der Waals surface area (Å²) in [5.74, 6) is -10.0. The first-order valence-electron chi connectivity index (χ1n) is 18.0. The molecule has 0 bridgehead atoms. The first-order valence-corrected chi connectivity index (χ1v) is 18.0. The van der Waals surface area contributed by atoms with E-state index in [-0.39, 0.29) is 78.8 Å². The molecule has 9 N–H and O–H groups in total. The fourth-order valence-corrected chi connectivity index (χ4v) is 5.45. The zero-order valence-corrected chi connectivity index (χ0v) is 36.1. The number of Topliss-reactive ketones (excluding diaryl/α,β-unsaturated/α-hetero) is 1. The quantitative estimate of drug-likeness (QED) is 0.0211. The molecule has 0 unspecified atom stereocenters. The van der Waals surface area contributed by atoms with Crippen LogP contribution in [0.25, 0.3) is 0 Å². The molecule has 2 aromatic heterocycles. The van der Waals surface area contributed by atoms with Crippen LogP contribution in [0.3, 0.4) is 0 Å². The number of nitrogens with one attached hydrogen (secondary N) is 3. The molecule has 0 saturated heterocycles. The van der Waals surface area contributed by atoms with Crippen LogP contribution < -0.4 is 16.0 Å². The SMILES string of the molecule is O=C(O)CC[C@H](NC(=O)N[C@@H](CCCCNC(=O)C(=O)C[C@@H](CCCCN(Cc1nccn1CC(=O)O)Cc1nccn1CC(=O)O)C(=O)O)C(=O)O)C(=O)O.[C-]#[O+].[C-]#[O+].[C-]#[O+].[Re]. The van der Waals surface area contributed by atoms with Crippen LogP contribution in [-0.4, -0.2) is 133 Å². The second-order valence-corrected chi connectivity index (χ2v) is 12.7. The third kappa shape index (κ3) is 26.4. The Balaban J connectivity index is -0.00000492. The van der Waals surface area contributed by atoms with Crippen molar-refractivity contribution in [2.75, 3.05) is 13.1 Å². The van der Waals surface area contributed by atoms with Gasteiger partial charge in [-0.1, -0.05) is 6.42 Å². The maximum atomic E-state index is 12.6. The number of urea groups is 1. The maximum Gasteiger partial charge on any atom is 0 e. The van der Waals surface area contributed by atoms with Gasteiger partial charge in [0.15, 0.2) is 0 Å². The van der Waals surface area contributed by atoms with Crippen molar-refractivity contribution in [1.82, 2.24) is 40.0 Å². The first-order chi connectivity index (χ1) is 29.5. The van der Waals surface area contributed by atoms with Crippen molar-refractivity contribution in [3.8, 4) is 0 Å². The fourth-order valence-electron chi connectivity index (χ4n) is 5.45. The van der Waals surface area contributed by atoms with E-state index in [2.05, 4.69) is 40.6 Å². The van der Waals surface area contributed by atoms with Crippen LogP contribution in [0, 0.1) is 25.9 Å². The van der Waals surface area contributed by atoms with Gasteiger partial charge in [-0.2, -0.15) is 0 Å². The molecule has 0 fully saturated rings. The van der Waals surface area contributed by atoms with Gasteiger partial charge in [0.25, 0.3) is 5.91 Å². The number of hydrogen-bond donors (Lipinski definition) is 9. The molecule has 0 spiro atoms. The molecule has 26 nitrogen and oxygen atoms in total. The molecule has 0 aliphatic heterocycles. The summed E-state index contributed by atoms with van der Waals surface area (Å²) in [6, 6.07) is -4.16. The zero-order valence-electron chi connectivity index (χ0n) is 33.3. The van der Waals surface area contributed by atoms with Crippen LogP contribution in [0.4, 0.5) is 4.79 Å². The molecule has 3 atom stereocenters. The Morgan fingerprint density at radius 3 is 1.52 bits per heavy atom. The van der Waals surface area contributed by atoms with Gasteiger partial charge < -0.3 is 55.7 Å². The molecule has 345 valence electrons. The number of aromatic nitrogens is 4. The second kappa shape index (κ2) is 35.1. The third-order valence-corrected chi connectivity index (χ3v) is 8.31. The summed E-state index contributed by atoms with van der Waals surface area (Å²) in [4.78, 5) is 116. The second-order valence-electron chi connectivity index (χ2n) is 12.7. The summed E-state index contributed by atoms with van der Waals surface area (Å²) in [5.41, 5.74) is 0. The number of ketones is 1. The number of nitrogens with zero attached hydrogens (tertiary/aromatic N) is 5. The van der Waals surface area contributed by atoms with E-state index in [0.717, 1.165) is 0 Å². The number of hydrogen-bond acceptors (Lipinski definition) is 12. The molecule has 1 radical (unpaired) electrons. The third-order valence-electron chi connectivity index (χ3n) is 8.31. The minimum absolute atomic E-state index is 0. The predicted molar refractivity (Wildman–Crippen MR) is 198 cm³/mol. The largest absolute Gasteiger partial charge is 0 e. The van der Waals surface area contributed by atoms with Crippen LogP contribution in [0.5, 0.6) is 0 Å². The van der Waals surface area contributed by atoms with E-state index in [1.54, 1.807) is 0 Å². The van der Waals surface area contributed by atoms with E-state index in [1.807, 2.05) is 10.2 Å². The van der Waals surface area contributed by atoms with Gasteiger partial charge in [-0.3, -0.25) is 33.7 Å². The molecular formula is C36H46N8O18Re. The minimum atomic E-state index is -1.57. The van der Waals surface area contributed by atoms with Gasteiger partial charge in [-0.05, 0) is 45.1 Å². The first kappa shape index (κ1) is 60.8. The molecule has 27 heteroatoms. The summed E-state index contributed by atoms with van der Waals surface area (Å²) in [6.07, 6.45) is 5.23.